The smallest absolute Gasteiger partial charge is 0.222 e. The third-order valence-corrected chi connectivity index (χ3v) is 3.93. The number of nitrogens with two attached hydrogens (primary N) is 1. The number of amides is 1. The number of rotatable bonds is 8. The molecule has 0 heterocycles. The van der Waals surface area contributed by atoms with Crippen molar-refractivity contribution in [1.29, 1.82) is 0 Å². The van der Waals surface area contributed by atoms with Crippen molar-refractivity contribution in [3.8, 4) is 0 Å². The maximum atomic E-state index is 12.3. The van der Waals surface area contributed by atoms with Gasteiger partial charge >= 0.3 is 0 Å². The summed E-state index contributed by atoms with van der Waals surface area (Å²) in [4.78, 5) is 14.4. The molecule has 1 rings (SSSR count). The van der Waals surface area contributed by atoms with Crippen LogP contribution in [0.5, 0.6) is 0 Å². The van der Waals surface area contributed by atoms with Gasteiger partial charge in [0, 0.05) is 19.0 Å². The van der Waals surface area contributed by atoms with Crippen molar-refractivity contribution in [2.75, 3.05) is 13.1 Å². The summed E-state index contributed by atoms with van der Waals surface area (Å²) < 4.78 is 0. The van der Waals surface area contributed by atoms with Gasteiger partial charge in [0.25, 0.3) is 0 Å². The lowest BCUT2D eigenvalue weighted by atomic mass is 9.93. The molecular weight excluding hydrogens is 224 g/mol. The number of carbonyl (C=O) groups is 1. The van der Waals surface area contributed by atoms with Gasteiger partial charge < -0.3 is 10.6 Å². The summed E-state index contributed by atoms with van der Waals surface area (Å²) >= 11 is 0. The summed E-state index contributed by atoms with van der Waals surface area (Å²) in [5, 5.41) is 0. The highest BCUT2D eigenvalue weighted by atomic mass is 16.2. The number of hydrogen-bond donors (Lipinski definition) is 1. The highest BCUT2D eigenvalue weighted by Gasteiger charge is 2.24. The SMILES string of the molecule is CCCCCC(=O)N(CCCN)C1CCCCC1. The van der Waals surface area contributed by atoms with Crippen LogP contribution >= 0.6 is 0 Å². The zero-order chi connectivity index (χ0) is 13.2. The van der Waals surface area contributed by atoms with E-state index in [0.29, 0.717) is 18.5 Å². The Labute approximate surface area is 112 Å². The van der Waals surface area contributed by atoms with Gasteiger partial charge in [-0.15, -0.1) is 0 Å². The van der Waals surface area contributed by atoms with Crippen LogP contribution in [0.25, 0.3) is 0 Å². The first-order valence-corrected chi connectivity index (χ1v) is 7.79. The van der Waals surface area contributed by atoms with Crippen LogP contribution in [-0.2, 0) is 4.79 Å². The van der Waals surface area contributed by atoms with E-state index in [4.69, 9.17) is 5.73 Å². The van der Waals surface area contributed by atoms with Gasteiger partial charge in [0.15, 0.2) is 0 Å². The Kier molecular flexibility index (Phi) is 8.06. The minimum Gasteiger partial charge on any atom is -0.340 e. The minimum atomic E-state index is 0.365. The molecule has 0 aromatic heterocycles. The molecule has 0 bridgehead atoms. The first kappa shape index (κ1) is 15.5. The van der Waals surface area contributed by atoms with Crippen molar-refractivity contribution >= 4 is 5.91 Å². The Morgan fingerprint density at radius 2 is 1.89 bits per heavy atom. The van der Waals surface area contributed by atoms with Crippen molar-refractivity contribution in [3.63, 3.8) is 0 Å². The van der Waals surface area contributed by atoms with Crippen molar-refractivity contribution in [3.05, 3.63) is 0 Å². The molecule has 0 radical (unpaired) electrons. The second-order valence-electron chi connectivity index (χ2n) is 5.48. The summed E-state index contributed by atoms with van der Waals surface area (Å²) in [6.07, 6.45) is 11.4. The fraction of sp³-hybridized carbons (Fsp3) is 0.933. The molecule has 0 aromatic rings. The lowest BCUT2D eigenvalue weighted by molar-refractivity contribution is -0.134. The van der Waals surface area contributed by atoms with Gasteiger partial charge in [0.2, 0.25) is 5.91 Å². The van der Waals surface area contributed by atoms with Gasteiger partial charge in [0.05, 0.1) is 0 Å². The van der Waals surface area contributed by atoms with Crippen LogP contribution in [0.15, 0.2) is 0 Å². The molecule has 3 nitrogen and oxygen atoms in total. The minimum absolute atomic E-state index is 0.365. The van der Waals surface area contributed by atoms with E-state index < -0.39 is 0 Å². The lowest BCUT2D eigenvalue weighted by Gasteiger charge is -2.34. The molecule has 106 valence electrons. The third kappa shape index (κ3) is 5.38. The first-order valence-electron chi connectivity index (χ1n) is 7.79. The topological polar surface area (TPSA) is 46.3 Å². The molecule has 0 aliphatic heterocycles. The van der Waals surface area contributed by atoms with E-state index in [0.717, 1.165) is 25.8 Å². The number of hydrogen-bond acceptors (Lipinski definition) is 2. The number of unbranched alkanes of at least 4 members (excludes halogenated alkanes) is 2. The average molecular weight is 254 g/mol. The van der Waals surface area contributed by atoms with Crippen LogP contribution in [0, 0.1) is 0 Å². The van der Waals surface area contributed by atoms with E-state index in [-0.39, 0.29) is 0 Å². The van der Waals surface area contributed by atoms with Gasteiger partial charge in [-0.1, -0.05) is 39.0 Å². The number of carbonyl (C=O) groups excluding carboxylic acids is 1. The summed E-state index contributed by atoms with van der Waals surface area (Å²) in [7, 11) is 0. The molecule has 0 atom stereocenters. The Bertz CT molecular complexity index is 225. The molecule has 1 aliphatic carbocycles. The Balaban J connectivity index is 2.44. The van der Waals surface area contributed by atoms with Crippen LogP contribution in [0.4, 0.5) is 0 Å². The first-order chi connectivity index (χ1) is 8.79. The Morgan fingerprint density at radius 3 is 2.50 bits per heavy atom. The predicted molar refractivity (Wildman–Crippen MR) is 76.4 cm³/mol. The molecule has 18 heavy (non-hydrogen) atoms. The molecule has 0 unspecified atom stereocenters. The third-order valence-electron chi connectivity index (χ3n) is 3.93. The van der Waals surface area contributed by atoms with Crippen molar-refractivity contribution in [2.24, 2.45) is 5.73 Å². The highest BCUT2D eigenvalue weighted by Crippen LogP contribution is 2.23. The molecule has 1 fully saturated rings. The molecular formula is C15H30N2O. The van der Waals surface area contributed by atoms with Gasteiger partial charge in [-0.05, 0) is 32.2 Å². The Morgan fingerprint density at radius 1 is 1.17 bits per heavy atom. The summed E-state index contributed by atoms with van der Waals surface area (Å²) in [5.74, 6) is 0.365. The van der Waals surface area contributed by atoms with Gasteiger partial charge in [-0.2, -0.15) is 0 Å². The molecule has 2 N–H and O–H groups in total. The van der Waals surface area contributed by atoms with Gasteiger partial charge in [-0.3, -0.25) is 4.79 Å². The van der Waals surface area contributed by atoms with Crippen LogP contribution in [0.2, 0.25) is 0 Å². The van der Waals surface area contributed by atoms with E-state index in [1.165, 1.54) is 44.9 Å². The molecule has 0 aromatic carbocycles. The molecule has 0 saturated heterocycles. The van der Waals surface area contributed by atoms with Crippen molar-refractivity contribution < 1.29 is 4.79 Å². The summed E-state index contributed by atoms with van der Waals surface area (Å²) in [6.45, 7) is 3.73. The van der Waals surface area contributed by atoms with Crippen molar-refractivity contribution in [2.45, 2.75) is 77.2 Å². The maximum Gasteiger partial charge on any atom is 0.222 e. The molecule has 1 aliphatic rings. The van der Waals surface area contributed by atoms with E-state index >= 15 is 0 Å². The van der Waals surface area contributed by atoms with E-state index in [9.17, 15) is 4.79 Å². The number of nitrogens with zero attached hydrogens (tertiary/aromatic N) is 1. The maximum absolute atomic E-state index is 12.3. The lowest BCUT2D eigenvalue weighted by Crippen LogP contribution is -2.42. The predicted octanol–water partition coefficient (Wildman–Crippen LogP) is 3.08. The van der Waals surface area contributed by atoms with Crippen LogP contribution in [0.1, 0.15) is 71.1 Å². The molecule has 1 amide bonds. The van der Waals surface area contributed by atoms with Crippen molar-refractivity contribution in [1.82, 2.24) is 4.90 Å². The molecule has 1 saturated carbocycles. The largest absolute Gasteiger partial charge is 0.340 e. The molecule has 3 heteroatoms. The van der Waals surface area contributed by atoms with Gasteiger partial charge in [-0.25, -0.2) is 0 Å². The summed E-state index contributed by atoms with van der Waals surface area (Å²) in [6, 6.07) is 0.499. The summed E-state index contributed by atoms with van der Waals surface area (Å²) in [5.41, 5.74) is 5.59. The van der Waals surface area contributed by atoms with E-state index in [1.807, 2.05) is 0 Å². The van der Waals surface area contributed by atoms with E-state index in [1.54, 1.807) is 0 Å². The van der Waals surface area contributed by atoms with Crippen LogP contribution in [-0.4, -0.2) is 29.9 Å². The monoisotopic (exact) mass is 254 g/mol. The van der Waals surface area contributed by atoms with E-state index in [2.05, 4.69) is 11.8 Å². The highest BCUT2D eigenvalue weighted by molar-refractivity contribution is 5.76. The van der Waals surface area contributed by atoms with Crippen LogP contribution in [0.3, 0.4) is 0 Å². The second kappa shape index (κ2) is 9.37. The standard InChI is InChI=1S/C15H30N2O/c1-2-3-5-11-15(18)17(13-8-12-16)14-9-6-4-7-10-14/h14H,2-13,16H2,1H3. The second-order valence-corrected chi connectivity index (χ2v) is 5.48. The molecule has 0 spiro atoms. The fourth-order valence-electron chi connectivity index (χ4n) is 2.84. The normalized spacial score (nSPS) is 16.8. The zero-order valence-corrected chi connectivity index (χ0v) is 12.0. The average Bonchev–Trinajstić information content (AvgIpc) is 2.41. The fourth-order valence-corrected chi connectivity index (χ4v) is 2.84. The quantitative estimate of drug-likeness (QED) is 0.677. The van der Waals surface area contributed by atoms with Crippen LogP contribution < -0.4 is 5.73 Å². The zero-order valence-electron chi connectivity index (χ0n) is 12.0. The Hall–Kier alpha value is -0.570. The van der Waals surface area contributed by atoms with Gasteiger partial charge in [0.1, 0.15) is 0 Å².